The molecule has 4 heteroatoms. The van der Waals surface area contributed by atoms with E-state index in [0.717, 1.165) is 16.7 Å². The molecular formula is C9H11N3O. The summed E-state index contributed by atoms with van der Waals surface area (Å²) in [5, 5.41) is 5.22. The van der Waals surface area contributed by atoms with E-state index in [9.17, 15) is 0 Å². The molecule has 0 unspecified atom stereocenters. The maximum atomic E-state index is 5.68. The lowest BCUT2D eigenvalue weighted by atomic mass is 10.2. The Bertz CT molecular complexity index is 447. The molecule has 4 nitrogen and oxygen atoms in total. The van der Waals surface area contributed by atoms with Crippen LogP contribution in [0.25, 0.3) is 10.9 Å². The Kier molecular flexibility index (Phi) is 1.62. The molecule has 0 radical (unpaired) electrons. The van der Waals surface area contributed by atoms with Crippen molar-refractivity contribution in [3.05, 3.63) is 18.3 Å². The highest BCUT2D eigenvalue weighted by atomic mass is 16.5. The Morgan fingerprint density at radius 2 is 2.23 bits per heavy atom. The average Bonchev–Trinajstić information content (AvgIpc) is 2.43. The van der Waals surface area contributed by atoms with E-state index in [4.69, 9.17) is 10.5 Å². The number of hydrogen-bond acceptors (Lipinski definition) is 3. The number of aryl methyl sites for hydroxylation is 1. The Morgan fingerprint density at radius 1 is 1.46 bits per heavy atom. The normalized spacial score (nSPS) is 10.6. The predicted molar refractivity (Wildman–Crippen MR) is 51.7 cm³/mol. The molecule has 0 bridgehead atoms. The van der Waals surface area contributed by atoms with Gasteiger partial charge in [0, 0.05) is 25.0 Å². The zero-order chi connectivity index (χ0) is 9.42. The first-order chi connectivity index (χ1) is 6.20. The maximum Gasteiger partial charge on any atom is 0.131 e. The number of ether oxygens (including phenoxy) is 1. The van der Waals surface area contributed by atoms with Crippen LogP contribution >= 0.6 is 0 Å². The van der Waals surface area contributed by atoms with Crippen molar-refractivity contribution in [2.75, 3.05) is 12.8 Å². The van der Waals surface area contributed by atoms with E-state index in [-0.39, 0.29) is 0 Å². The summed E-state index contributed by atoms with van der Waals surface area (Å²) in [7, 11) is 3.50. The monoisotopic (exact) mass is 177 g/mol. The van der Waals surface area contributed by atoms with E-state index in [0.29, 0.717) is 5.69 Å². The number of methoxy groups -OCH3 is 1. The van der Waals surface area contributed by atoms with Gasteiger partial charge in [0.05, 0.1) is 18.0 Å². The average molecular weight is 177 g/mol. The summed E-state index contributed by atoms with van der Waals surface area (Å²) < 4.78 is 6.93. The summed E-state index contributed by atoms with van der Waals surface area (Å²) in [6.45, 7) is 0. The van der Waals surface area contributed by atoms with Gasteiger partial charge in [0.25, 0.3) is 0 Å². The van der Waals surface area contributed by atoms with Crippen molar-refractivity contribution in [3.63, 3.8) is 0 Å². The molecule has 2 N–H and O–H groups in total. The van der Waals surface area contributed by atoms with Gasteiger partial charge < -0.3 is 10.5 Å². The van der Waals surface area contributed by atoms with Crippen LogP contribution in [-0.2, 0) is 7.05 Å². The molecule has 0 spiro atoms. The fourth-order valence-corrected chi connectivity index (χ4v) is 1.40. The van der Waals surface area contributed by atoms with Gasteiger partial charge in [-0.1, -0.05) is 0 Å². The van der Waals surface area contributed by atoms with Crippen molar-refractivity contribution in [2.24, 2.45) is 7.05 Å². The molecule has 2 aromatic rings. The van der Waals surface area contributed by atoms with Gasteiger partial charge in [0.15, 0.2) is 0 Å². The molecule has 0 atom stereocenters. The molecule has 0 saturated heterocycles. The molecule has 0 aliphatic carbocycles. The molecule has 1 aromatic heterocycles. The van der Waals surface area contributed by atoms with Crippen LogP contribution in [0.5, 0.6) is 5.75 Å². The van der Waals surface area contributed by atoms with Crippen LogP contribution in [0.2, 0.25) is 0 Å². The lowest BCUT2D eigenvalue weighted by molar-refractivity contribution is 0.420. The minimum atomic E-state index is 0.669. The number of anilines is 1. The Hall–Kier alpha value is -1.71. The number of benzene rings is 1. The fraction of sp³-hybridized carbons (Fsp3) is 0.222. The molecule has 1 aromatic carbocycles. The topological polar surface area (TPSA) is 53.1 Å². The van der Waals surface area contributed by atoms with Crippen LogP contribution in [0.4, 0.5) is 5.69 Å². The van der Waals surface area contributed by atoms with Crippen LogP contribution < -0.4 is 10.5 Å². The SMILES string of the molecule is COc1cc(N)cc2nn(C)cc12. The van der Waals surface area contributed by atoms with Gasteiger partial charge in [-0.25, -0.2) is 0 Å². The molecule has 0 aliphatic rings. The molecule has 68 valence electrons. The van der Waals surface area contributed by atoms with Crippen LogP contribution in [-0.4, -0.2) is 16.9 Å². The second-order valence-electron chi connectivity index (χ2n) is 2.96. The third kappa shape index (κ3) is 1.20. The van der Waals surface area contributed by atoms with E-state index in [1.807, 2.05) is 19.3 Å². The lowest BCUT2D eigenvalue weighted by Gasteiger charge is -2.01. The minimum Gasteiger partial charge on any atom is -0.496 e. The second kappa shape index (κ2) is 2.65. The Morgan fingerprint density at radius 3 is 2.92 bits per heavy atom. The van der Waals surface area contributed by atoms with Crippen molar-refractivity contribution < 1.29 is 4.74 Å². The molecule has 1 heterocycles. The number of nitrogens with zero attached hydrogens (tertiary/aromatic N) is 2. The highest BCUT2D eigenvalue weighted by Gasteiger charge is 2.05. The summed E-state index contributed by atoms with van der Waals surface area (Å²) in [5.41, 5.74) is 7.21. The zero-order valence-electron chi connectivity index (χ0n) is 7.61. The van der Waals surface area contributed by atoms with E-state index >= 15 is 0 Å². The molecule has 2 rings (SSSR count). The van der Waals surface area contributed by atoms with Crippen molar-refractivity contribution in [1.82, 2.24) is 9.78 Å². The van der Waals surface area contributed by atoms with Gasteiger partial charge in [-0.05, 0) is 6.07 Å². The molecule has 0 amide bonds. The quantitative estimate of drug-likeness (QED) is 0.665. The van der Waals surface area contributed by atoms with E-state index in [2.05, 4.69) is 5.10 Å². The number of rotatable bonds is 1. The molecule has 13 heavy (non-hydrogen) atoms. The van der Waals surface area contributed by atoms with Gasteiger partial charge in [0.2, 0.25) is 0 Å². The second-order valence-corrected chi connectivity index (χ2v) is 2.96. The first kappa shape index (κ1) is 7.91. The van der Waals surface area contributed by atoms with E-state index in [1.165, 1.54) is 0 Å². The third-order valence-corrected chi connectivity index (χ3v) is 1.94. The highest BCUT2D eigenvalue weighted by Crippen LogP contribution is 2.27. The first-order valence-electron chi connectivity index (χ1n) is 3.97. The van der Waals surface area contributed by atoms with Crippen LogP contribution in [0.1, 0.15) is 0 Å². The van der Waals surface area contributed by atoms with Crippen LogP contribution in [0, 0.1) is 0 Å². The van der Waals surface area contributed by atoms with Gasteiger partial charge in [-0.3, -0.25) is 4.68 Å². The Labute approximate surface area is 75.9 Å². The lowest BCUT2D eigenvalue weighted by Crippen LogP contribution is -1.88. The van der Waals surface area contributed by atoms with E-state index in [1.54, 1.807) is 17.9 Å². The Balaban J connectivity index is 2.80. The largest absolute Gasteiger partial charge is 0.496 e. The summed E-state index contributed by atoms with van der Waals surface area (Å²) in [4.78, 5) is 0. The van der Waals surface area contributed by atoms with Gasteiger partial charge in [0.1, 0.15) is 5.75 Å². The molecule has 0 aliphatic heterocycles. The van der Waals surface area contributed by atoms with Crippen LogP contribution in [0.15, 0.2) is 18.3 Å². The maximum absolute atomic E-state index is 5.68. The molecule has 0 saturated carbocycles. The summed E-state index contributed by atoms with van der Waals surface area (Å²) >= 11 is 0. The number of hydrogen-bond donors (Lipinski definition) is 1. The smallest absolute Gasteiger partial charge is 0.131 e. The number of nitrogen functional groups attached to an aromatic ring is 1. The summed E-state index contributed by atoms with van der Waals surface area (Å²) in [6, 6.07) is 3.63. The van der Waals surface area contributed by atoms with E-state index < -0.39 is 0 Å². The van der Waals surface area contributed by atoms with Crippen molar-refractivity contribution >= 4 is 16.6 Å². The van der Waals surface area contributed by atoms with Crippen molar-refractivity contribution in [2.45, 2.75) is 0 Å². The molecule has 0 fully saturated rings. The first-order valence-corrected chi connectivity index (χ1v) is 3.97. The zero-order valence-corrected chi connectivity index (χ0v) is 7.61. The van der Waals surface area contributed by atoms with Gasteiger partial charge >= 0.3 is 0 Å². The van der Waals surface area contributed by atoms with Crippen molar-refractivity contribution in [3.8, 4) is 5.75 Å². The molecular weight excluding hydrogens is 166 g/mol. The van der Waals surface area contributed by atoms with Crippen LogP contribution in [0.3, 0.4) is 0 Å². The van der Waals surface area contributed by atoms with Gasteiger partial charge in [-0.2, -0.15) is 5.10 Å². The number of aromatic nitrogens is 2. The number of nitrogens with two attached hydrogens (primary N) is 1. The summed E-state index contributed by atoms with van der Waals surface area (Å²) in [5.74, 6) is 0.767. The van der Waals surface area contributed by atoms with Crippen molar-refractivity contribution in [1.29, 1.82) is 0 Å². The standard InChI is InChI=1S/C9H11N3O/c1-12-5-7-8(11-12)3-6(10)4-9(7)13-2/h3-5H,10H2,1-2H3. The predicted octanol–water partition coefficient (Wildman–Crippen LogP) is 1.16. The third-order valence-electron chi connectivity index (χ3n) is 1.94. The number of fused-ring (bicyclic) bond motifs is 1. The fourth-order valence-electron chi connectivity index (χ4n) is 1.40. The summed E-state index contributed by atoms with van der Waals surface area (Å²) in [6.07, 6.45) is 1.91. The van der Waals surface area contributed by atoms with Gasteiger partial charge in [-0.15, -0.1) is 0 Å². The minimum absolute atomic E-state index is 0.669. The highest BCUT2D eigenvalue weighted by molar-refractivity contribution is 5.87.